The van der Waals surface area contributed by atoms with Crippen LogP contribution in [0, 0.1) is 5.82 Å². The molecule has 0 saturated carbocycles. The Morgan fingerprint density at radius 3 is 2.94 bits per heavy atom. The molecule has 1 heterocycles. The summed E-state index contributed by atoms with van der Waals surface area (Å²) in [6.45, 7) is 4.25. The number of imidazole rings is 1. The molecule has 3 nitrogen and oxygen atoms in total. The summed E-state index contributed by atoms with van der Waals surface area (Å²) in [6, 6.07) is 4.84. The first-order valence-electron chi connectivity index (χ1n) is 6.06. The van der Waals surface area contributed by atoms with Gasteiger partial charge in [-0.3, -0.25) is 0 Å². The molecular formula is C13H18FN3. The summed E-state index contributed by atoms with van der Waals surface area (Å²) in [6.07, 6.45) is 3.31. The Hall–Kier alpha value is -1.58. The van der Waals surface area contributed by atoms with E-state index < -0.39 is 0 Å². The predicted molar refractivity (Wildman–Crippen MR) is 68.3 cm³/mol. The molecule has 1 aromatic heterocycles. The number of halogens is 1. The largest absolute Gasteiger partial charge is 0.369 e. The van der Waals surface area contributed by atoms with Crippen LogP contribution in [0.4, 0.5) is 10.3 Å². The molecule has 0 aliphatic rings. The number of nitrogens with zero attached hydrogens (tertiary/aromatic N) is 2. The number of hydrogen-bond donors (Lipinski definition) is 1. The average Bonchev–Trinajstić information content (AvgIpc) is 2.61. The van der Waals surface area contributed by atoms with E-state index in [-0.39, 0.29) is 11.9 Å². The molecule has 0 radical (unpaired) electrons. The third-order valence-corrected chi connectivity index (χ3v) is 3.10. The number of hydrogen-bond acceptors (Lipinski definition) is 2. The first kappa shape index (κ1) is 11.9. The van der Waals surface area contributed by atoms with E-state index >= 15 is 0 Å². The first-order valence-corrected chi connectivity index (χ1v) is 6.06. The molecule has 1 atom stereocenters. The fourth-order valence-corrected chi connectivity index (χ4v) is 2.18. The van der Waals surface area contributed by atoms with Crippen LogP contribution in [-0.2, 0) is 0 Å². The molecule has 1 aromatic carbocycles. The van der Waals surface area contributed by atoms with Crippen molar-refractivity contribution in [2.24, 2.45) is 0 Å². The summed E-state index contributed by atoms with van der Waals surface area (Å²) in [5.74, 6) is 0.218. The van der Waals surface area contributed by atoms with E-state index in [4.69, 9.17) is 5.73 Å². The molecule has 92 valence electrons. The van der Waals surface area contributed by atoms with E-state index in [9.17, 15) is 4.39 Å². The van der Waals surface area contributed by atoms with Crippen LogP contribution in [-0.4, -0.2) is 9.55 Å². The Labute approximate surface area is 100 Å². The summed E-state index contributed by atoms with van der Waals surface area (Å²) >= 11 is 0. The van der Waals surface area contributed by atoms with Gasteiger partial charge in [0.15, 0.2) is 0 Å². The molecule has 2 rings (SSSR count). The maximum absolute atomic E-state index is 13.3. The summed E-state index contributed by atoms with van der Waals surface area (Å²) in [4.78, 5) is 4.26. The number of unbranched alkanes of at least 4 members (excludes halogenated alkanes) is 1. The molecule has 0 saturated heterocycles. The minimum atomic E-state index is -0.249. The maximum Gasteiger partial charge on any atom is 0.201 e. The molecule has 0 aliphatic carbocycles. The van der Waals surface area contributed by atoms with Crippen molar-refractivity contribution in [1.82, 2.24) is 9.55 Å². The van der Waals surface area contributed by atoms with Gasteiger partial charge in [-0.15, -0.1) is 0 Å². The molecule has 0 fully saturated rings. The molecule has 2 aromatic rings. The first-order chi connectivity index (χ1) is 8.13. The van der Waals surface area contributed by atoms with Gasteiger partial charge in [0, 0.05) is 6.04 Å². The molecule has 17 heavy (non-hydrogen) atoms. The standard InChI is InChI=1S/C13H18FN3/c1-3-4-5-9(2)17-12-8-10(14)6-7-11(12)16-13(17)15/h6-9H,3-5H2,1-2H3,(H2,15,16). The maximum atomic E-state index is 13.3. The van der Waals surface area contributed by atoms with Crippen LogP contribution in [0.3, 0.4) is 0 Å². The van der Waals surface area contributed by atoms with Crippen molar-refractivity contribution in [1.29, 1.82) is 0 Å². The fraction of sp³-hybridized carbons (Fsp3) is 0.462. The molecule has 0 aliphatic heterocycles. The van der Waals surface area contributed by atoms with Gasteiger partial charge in [0.05, 0.1) is 11.0 Å². The topological polar surface area (TPSA) is 43.8 Å². The third kappa shape index (κ3) is 2.25. The normalized spacial score (nSPS) is 13.1. The van der Waals surface area contributed by atoms with Crippen molar-refractivity contribution in [3.63, 3.8) is 0 Å². The minimum absolute atomic E-state index is 0.249. The van der Waals surface area contributed by atoms with Gasteiger partial charge in [0.1, 0.15) is 5.82 Å². The number of rotatable bonds is 4. The van der Waals surface area contributed by atoms with Crippen LogP contribution < -0.4 is 5.73 Å². The van der Waals surface area contributed by atoms with Gasteiger partial charge in [-0.25, -0.2) is 9.37 Å². The van der Waals surface area contributed by atoms with E-state index in [2.05, 4.69) is 18.8 Å². The second-order valence-electron chi connectivity index (χ2n) is 4.46. The quantitative estimate of drug-likeness (QED) is 0.881. The summed E-state index contributed by atoms with van der Waals surface area (Å²) in [5, 5.41) is 0. The van der Waals surface area contributed by atoms with Crippen LogP contribution in [0.15, 0.2) is 18.2 Å². The smallest absolute Gasteiger partial charge is 0.201 e. The highest BCUT2D eigenvalue weighted by Crippen LogP contribution is 2.26. The molecule has 4 heteroatoms. The number of nitrogens with two attached hydrogens (primary N) is 1. The highest BCUT2D eigenvalue weighted by molar-refractivity contribution is 5.78. The predicted octanol–water partition coefficient (Wildman–Crippen LogP) is 3.51. The van der Waals surface area contributed by atoms with Gasteiger partial charge < -0.3 is 10.3 Å². The van der Waals surface area contributed by atoms with Crippen molar-refractivity contribution < 1.29 is 4.39 Å². The van der Waals surface area contributed by atoms with E-state index in [0.29, 0.717) is 5.95 Å². The van der Waals surface area contributed by atoms with Crippen LogP contribution in [0.25, 0.3) is 11.0 Å². The highest BCUT2D eigenvalue weighted by atomic mass is 19.1. The van der Waals surface area contributed by atoms with Crippen molar-refractivity contribution >= 4 is 17.0 Å². The van der Waals surface area contributed by atoms with Crippen molar-refractivity contribution in [3.8, 4) is 0 Å². The molecule has 1 unspecified atom stereocenters. The average molecular weight is 235 g/mol. The van der Waals surface area contributed by atoms with Crippen LogP contribution in [0.1, 0.15) is 39.2 Å². The van der Waals surface area contributed by atoms with Gasteiger partial charge in [0.25, 0.3) is 0 Å². The lowest BCUT2D eigenvalue weighted by atomic mass is 10.1. The lowest BCUT2D eigenvalue weighted by Crippen LogP contribution is -2.08. The summed E-state index contributed by atoms with van der Waals surface area (Å²) < 4.78 is 15.2. The molecular weight excluding hydrogens is 217 g/mol. The fourth-order valence-electron chi connectivity index (χ4n) is 2.18. The van der Waals surface area contributed by atoms with Crippen LogP contribution in [0.2, 0.25) is 0 Å². The SMILES string of the molecule is CCCCC(C)n1c(N)nc2ccc(F)cc21. The minimum Gasteiger partial charge on any atom is -0.369 e. The van der Waals surface area contributed by atoms with Crippen molar-refractivity contribution in [2.75, 3.05) is 5.73 Å². The zero-order valence-corrected chi connectivity index (χ0v) is 10.3. The second-order valence-corrected chi connectivity index (χ2v) is 4.46. The summed E-state index contributed by atoms with van der Waals surface area (Å²) in [7, 11) is 0. The van der Waals surface area contributed by atoms with E-state index in [1.807, 2.05) is 4.57 Å². The van der Waals surface area contributed by atoms with Gasteiger partial charge in [0.2, 0.25) is 5.95 Å². The number of anilines is 1. The van der Waals surface area contributed by atoms with Crippen LogP contribution >= 0.6 is 0 Å². The zero-order valence-electron chi connectivity index (χ0n) is 10.3. The number of aromatic nitrogens is 2. The Kier molecular flexibility index (Phi) is 3.31. The van der Waals surface area contributed by atoms with Gasteiger partial charge >= 0.3 is 0 Å². The van der Waals surface area contributed by atoms with Crippen molar-refractivity contribution in [3.05, 3.63) is 24.0 Å². The number of benzene rings is 1. The third-order valence-electron chi connectivity index (χ3n) is 3.10. The highest BCUT2D eigenvalue weighted by Gasteiger charge is 2.13. The Balaban J connectivity index is 2.44. The monoisotopic (exact) mass is 235 g/mol. The van der Waals surface area contributed by atoms with Crippen LogP contribution in [0.5, 0.6) is 0 Å². The van der Waals surface area contributed by atoms with Gasteiger partial charge in [-0.1, -0.05) is 19.8 Å². The Bertz CT molecular complexity index is 519. The number of fused-ring (bicyclic) bond motifs is 1. The molecule has 2 N–H and O–H groups in total. The molecule has 0 spiro atoms. The second kappa shape index (κ2) is 4.73. The molecule has 0 bridgehead atoms. The Morgan fingerprint density at radius 2 is 2.24 bits per heavy atom. The lowest BCUT2D eigenvalue weighted by molar-refractivity contribution is 0.500. The Morgan fingerprint density at radius 1 is 1.47 bits per heavy atom. The van der Waals surface area contributed by atoms with E-state index in [1.165, 1.54) is 12.1 Å². The zero-order chi connectivity index (χ0) is 12.4. The molecule has 0 amide bonds. The van der Waals surface area contributed by atoms with Gasteiger partial charge in [-0.2, -0.15) is 0 Å². The van der Waals surface area contributed by atoms with E-state index in [0.717, 1.165) is 30.3 Å². The summed E-state index contributed by atoms with van der Waals surface area (Å²) in [5.41, 5.74) is 7.45. The number of nitrogen functional groups attached to an aromatic ring is 1. The lowest BCUT2D eigenvalue weighted by Gasteiger charge is -2.15. The van der Waals surface area contributed by atoms with Gasteiger partial charge in [-0.05, 0) is 31.5 Å². The van der Waals surface area contributed by atoms with E-state index in [1.54, 1.807) is 6.07 Å². The van der Waals surface area contributed by atoms with Crippen molar-refractivity contribution in [2.45, 2.75) is 39.2 Å².